The molecular formula is C20H20FN7. The van der Waals surface area contributed by atoms with Crippen molar-refractivity contribution in [1.29, 1.82) is 0 Å². The molecule has 0 spiro atoms. The number of hydrogen-bond donors (Lipinski definition) is 2. The normalized spacial score (nSPS) is 12.4. The number of fused-ring (bicyclic) bond motifs is 2. The van der Waals surface area contributed by atoms with Crippen LogP contribution in [0.5, 0.6) is 0 Å². The maximum Gasteiger partial charge on any atom is 0.227 e. The summed E-state index contributed by atoms with van der Waals surface area (Å²) in [4.78, 5) is 19.1. The van der Waals surface area contributed by atoms with E-state index in [-0.39, 0.29) is 23.6 Å². The molecule has 2 heterocycles. The third-order valence-electron chi connectivity index (χ3n) is 4.91. The topological polar surface area (TPSA) is 107 Å². The van der Waals surface area contributed by atoms with Gasteiger partial charge in [0.1, 0.15) is 11.6 Å². The molecule has 4 aromatic rings. The predicted octanol–water partition coefficient (Wildman–Crippen LogP) is 3.46. The summed E-state index contributed by atoms with van der Waals surface area (Å²) in [6, 6.07) is 10.7. The van der Waals surface area contributed by atoms with Crippen molar-refractivity contribution < 1.29 is 4.39 Å². The molecule has 0 radical (unpaired) electrons. The van der Waals surface area contributed by atoms with Crippen LogP contribution in [0.3, 0.4) is 0 Å². The lowest BCUT2D eigenvalue weighted by Crippen LogP contribution is -2.28. The van der Waals surface area contributed by atoms with E-state index in [4.69, 9.17) is 11.5 Å². The Morgan fingerprint density at radius 2 is 1.75 bits per heavy atom. The van der Waals surface area contributed by atoms with Crippen molar-refractivity contribution in [2.75, 3.05) is 22.9 Å². The fourth-order valence-corrected chi connectivity index (χ4v) is 3.49. The van der Waals surface area contributed by atoms with Crippen LogP contribution in [0, 0.1) is 5.82 Å². The summed E-state index contributed by atoms with van der Waals surface area (Å²) in [5, 5.41) is 2.01. The van der Waals surface area contributed by atoms with Crippen LogP contribution in [0.15, 0.2) is 42.6 Å². The van der Waals surface area contributed by atoms with E-state index in [0.717, 1.165) is 10.9 Å². The molecule has 0 saturated heterocycles. The summed E-state index contributed by atoms with van der Waals surface area (Å²) in [5.41, 5.74) is 13.0. The first kappa shape index (κ1) is 17.8. The third kappa shape index (κ3) is 2.92. The third-order valence-corrected chi connectivity index (χ3v) is 4.91. The smallest absolute Gasteiger partial charge is 0.227 e. The van der Waals surface area contributed by atoms with Gasteiger partial charge in [-0.1, -0.05) is 30.3 Å². The van der Waals surface area contributed by atoms with Crippen LogP contribution in [0.2, 0.25) is 0 Å². The zero-order valence-electron chi connectivity index (χ0n) is 15.6. The lowest BCUT2D eigenvalue weighted by molar-refractivity contribution is 0.635. The minimum atomic E-state index is -0.237. The van der Waals surface area contributed by atoms with Gasteiger partial charge in [0, 0.05) is 18.1 Å². The monoisotopic (exact) mass is 377 g/mol. The van der Waals surface area contributed by atoms with E-state index in [0.29, 0.717) is 28.9 Å². The summed E-state index contributed by atoms with van der Waals surface area (Å²) in [6.07, 6.45) is 1.60. The summed E-state index contributed by atoms with van der Waals surface area (Å²) in [6.45, 7) is 4.70. The van der Waals surface area contributed by atoms with Crippen LogP contribution in [-0.4, -0.2) is 26.5 Å². The van der Waals surface area contributed by atoms with Crippen LogP contribution in [0.25, 0.3) is 21.8 Å². The van der Waals surface area contributed by atoms with Crippen molar-refractivity contribution in [2.24, 2.45) is 0 Å². The molecular weight excluding hydrogens is 357 g/mol. The number of aromatic nitrogens is 4. The lowest BCUT2D eigenvalue weighted by atomic mass is 9.98. The van der Waals surface area contributed by atoms with Crippen molar-refractivity contribution >= 4 is 39.5 Å². The molecule has 7 nitrogen and oxygen atoms in total. The number of nitrogens with zero attached hydrogens (tertiary/aromatic N) is 5. The molecule has 0 fully saturated rings. The first-order valence-electron chi connectivity index (χ1n) is 8.99. The van der Waals surface area contributed by atoms with Gasteiger partial charge in [0.25, 0.3) is 0 Å². The Morgan fingerprint density at radius 3 is 2.50 bits per heavy atom. The summed E-state index contributed by atoms with van der Waals surface area (Å²) in [5.74, 6) is 0.567. The Hall–Kier alpha value is -3.55. The maximum absolute atomic E-state index is 14.2. The minimum absolute atomic E-state index is 0.0651. The van der Waals surface area contributed by atoms with E-state index >= 15 is 0 Å². The molecule has 0 bridgehead atoms. The molecule has 0 aliphatic carbocycles. The highest BCUT2D eigenvalue weighted by Gasteiger charge is 2.21. The van der Waals surface area contributed by atoms with Crippen molar-refractivity contribution in [3.63, 3.8) is 0 Å². The highest BCUT2D eigenvalue weighted by Crippen LogP contribution is 2.32. The second kappa shape index (κ2) is 6.88. The molecule has 0 saturated carbocycles. The van der Waals surface area contributed by atoms with E-state index in [1.807, 2.05) is 43.0 Å². The standard InChI is InChI=1S/C20H20FN7/c1-3-28(20-24-10-15-17(22)25-19(23)26-18(15)27-20)11(2)12-8-9-16(21)14-7-5-4-6-13(12)14/h4-11H,3H2,1-2H3,(H4,22,23,24,25,26,27)/t11-/m1/s1. The quantitative estimate of drug-likeness (QED) is 0.561. The molecule has 2 aromatic heterocycles. The average molecular weight is 377 g/mol. The second-order valence-electron chi connectivity index (χ2n) is 6.52. The number of hydrogen-bond acceptors (Lipinski definition) is 7. The molecule has 4 rings (SSSR count). The summed E-state index contributed by atoms with van der Waals surface area (Å²) >= 11 is 0. The summed E-state index contributed by atoms with van der Waals surface area (Å²) in [7, 11) is 0. The van der Waals surface area contributed by atoms with E-state index in [2.05, 4.69) is 19.9 Å². The number of rotatable bonds is 4. The van der Waals surface area contributed by atoms with E-state index < -0.39 is 0 Å². The molecule has 0 aliphatic heterocycles. The van der Waals surface area contributed by atoms with Gasteiger partial charge in [-0.3, -0.25) is 0 Å². The molecule has 0 aliphatic rings. The van der Waals surface area contributed by atoms with Crippen LogP contribution in [0.4, 0.5) is 22.1 Å². The maximum atomic E-state index is 14.2. The lowest BCUT2D eigenvalue weighted by Gasteiger charge is -2.29. The molecule has 142 valence electrons. The number of nitrogens with two attached hydrogens (primary N) is 2. The van der Waals surface area contributed by atoms with E-state index in [9.17, 15) is 4.39 Å². The molecule has 2 aromatic carbocycles. The Balaban J connectivity index is 1.81. The number of nitrogen functional groups attached to an aromatic ring is 2. The van der Waals surface area contributed by atoms with Gasteiger partial charge < -0.3 is 16.4 Å². The SMILES string of the molecule is CCN(c1ncc2c(N)nc(N)nc2n1)[C@H](C)c1ccc(F)c2ccccc12. The summed E-state index contributed by atoms with van der Waals surface area (Å²) < 4.78 is 14.2. The van der Waals surface area contributed by atoms with Gasteiger partial charge in [0.2, 0.25) is 11.9 Å². The largest absolute Gasteiger partial charge is 0.383 e. The molecule has 0 amide bonds. The van der Waals surface area contributed by atoms with Crippen LogP contribution in [0.1, 0.15) is 25.5 Å². The molecule has 4 N–H and O–H groups in total. The molecule has 0 unspecified atom stereocenters. The minimum Gasteiger partial charge on any atom is -0.383 e. The van der Waals surface area contributed by atoms with E-state index in [1.165, 1.54) is 6.07 Å². The molecule has 8 heteroatoms. The number of benzene rings is 2. The Morgan fingerprint density at radius 1 is 1.00 bits per heavy atom. The zero-order chi connectivity index (χ0) is 19.8. The molecule has 1 atom stereocenters. The van der Waals surface area contributed by atoms with Gasteiger partial charge in [-0.15, -0.1) is 0 Å². The fraction of sp³-hybridized carbons (Fsp3) is 0.200. The van der Waals surface area contributed by atoms with Crippen molar-refractivity contribution in [3.05, 3.63) is 54.0 Å². The highest BCUT2D eigenvalue weighted by molar-refractivity contribution is 5.88. The van der Waals surface area contributed by atoms with E-state index in [1.54, 1.807) is 12.3 Å². The van der Waals surface area contributed by atoms with Crippen LogP contribution < -0.4 is 16.4 Å². The first-order chi connectivity index (χ1) is 13.5. The van der Waals surface area contributed by atoms with Gasteiger partial charge in [-0.05, 0) is 30.9 Å². The van der Waals surface area contributed by atoms with Gasteiger partial charge in [-0.2, -0.15) is 15.0 Å². The predicted molar refractivity (Wildman–Crippen MR) is 109 cm³/mol. The van der Waals surface area contributed by atoms with Gasteiger partial charge >= 0.3 is 0 Å². The van der Waals surface area contributed by atoms with Gasteiger partial charge in [0.05, 0.1) is 11.4 Å². The van der Waals surface area contributed by atoms with Gasteiger partial charge in [0.15, 0.2) is 5.65 Å². The Labute approximate surface area is 161 Å². The molecule has 28 heavy (non-hydrogen) atoms. The number of anilines is 3. The van der Waals surface area contributed by atoms with Crippen LogP contribution in [-0.2, 0) is 0 Å². The second-order valence-corrected chi connectivity index (χ2v) is 6.52. The zero-order valence-corrected chi connectivity index (χ0v) is 15.6. The van der Waals surface area contributed by atoms with Crippen molar-refractivity contribution in [2.45, 2.75) is 19.9 Å². The Kier molecular flexibility index (Phi) is 4.38. The van der Waals surface area contributed by atoms with Crippen molar-refractivity contribution in [1.82, 2.24) is 19.9 Å². The fourth-order valence-electron chi connectivity index (χ4n) is 3.49. The van der Waals surface area contributed by atoms with Crippen LogP contribution >= 0.6 is 0 Å². The first-order valence-corrected chi connectivity index (χ1v) is 8.99. The average Bonchev–Trinajstić information content (AvgIpc) is 2.68. The highest BCUT2D eigenvalue weighted by atomic mass is 19.1. The van der Waals surface area contributed by atoms with Crippen molar-refractivity contribution in [3.8, 4) is 0 Å². The Bertz CT molecular complexity index is 1180. The van der Waals surface area contributed by atoms with Gasteiger partial charge in [-0.25, -0.2) is 9.37 Å². The number of halogens is 1.